The first-order valence-corrected chi connectivity index (χ1v) is 5.74. The minimum Gasteiger partial charge on any atom is -0.494 e. The molecule has 0 unspecified atom stereocenters. The summed E-state index contributed by atoms with van der Waals surface area (Å²) in [7, 11) is 0. The van der Waals surface area contributed by atoms with Gasteiger partial charge in [-0.15, -0.1) is 11.3 Å². The monoisotopic (exact) mass is 206 g/mol. The van der Waals surface area contributed by atoms with Crippen molar-refractivity contribution >= 4 is 21.4 Å². The first kappa shape index (κ1) is 9.53. The Morgan fingerprint density at radius 2 is 2.14 bits per heavy atom. The standard InChI is InChI=1S/C12H14OS/c1-3-6-13-11-4-5-12-10(8-11)7-9(2)14-12/h4-5,7-8H,3,6H2,1-2H3. The van der Waals surface area contributed by atoms with Crippen molar-refractivity contribution in [1.82, 2.24) is 0 Å². The second-order valence-corrected chi connectivity index (χ2v) is 4.69. The van der Waals surface area contributed by atoms with Crippen molar-refractivity contribution in [3.8, 4) is 5.75 Å². The molecule has 1 aromatic carbocycles. The lowest BCUT2D eigenvalue weighted by Crippen LogP contribution is -1.93. The van der Waals surface area contributed by atoms with Crippen molar-refractivity contribution in [2.45, 2.75) is 20.3 Å². The maximum atomic E-state index is 5.58. The van der Waals surface area contributed by atoms with E-state index in [1.54, 1.807) is 0 Å². The number of hydrogen-bond acceptors (Lipinski definition) is 2. The van der Waals surface area contributed by atoms with Crippen LogP contribution in [0.3, 0.4) is 0 Å². The largest absolute Gasteiger partial charge is 0.494 e. The molecule has 0 aliphatic heterocycles. The lowest BCUT2D eigenvalue weighted by atomic mass is 10.2. The van der Waals surface area contributed by atoms with Gasteiger partial charge in [-0.1, -0.05) is 6.92 Å². The van der Waals surface area contributed by atoms with Gasteiger partial charge in [-0.05, 0) is 43.0 Å². The minimum atomic E-state index is 0.800. The van der Waals surface area contributed by atoms with Gasteiger partial charge in [0.25, 0.3) is 0 Å². The highest BCUT2D eigenvalue weighted by Gasteiger charge is 2.00. The number of hydrogen-bond donors (Lipinski definition) is 0. The fourth-order valence-corrected chi connectivity index (χ4v) is 2.37. The van der Waals surface area contributed by atoms with Gasteiger partial charge in [0.1, 0.15) is 5.75 Å². The SMILES string of the molecule is CCCOc1ccc2sc(C)cc2c1. The molecular weight excluding hydrogens is 192 g/mol. The van der Waals surface area contributed by atoms with E-state index in [0.29, 0.717) is 0 Å². The third-order valence-electron chi connectivity index (χ3n) is 2.08. The Balaban J connectivity index is 2.31. The molecule has 0 radical (unpaired) electrons. The lowest BCUT2D eigenvalue weighted by molar-refractivity contribution is 0.318. The smallest absolute Gasteiger partial charge is 0.119 e. The zero-order valence-electron chi connectivity index (χ0n) is 8.54. The number of benzene rings is 1. The molecule has 0 N–H and O–H groups in total. The van der Waals surface area contributed by atoms with E-state index in [9.17, 15) is 0 Å². The van der Waals surface area contributed by atoms with E-state index in [-0.39, 0.29) is 0 Å². The molecule has 2 aromatic rings. The zero-order valence-corrected chi connectivity index (χ0v) is 9.36. The summed E-state index contributed by atoms with van der Waals surface area (Å²) in [5.74, 6) is 0.983. The molecule has 2 rings (SSSR count). The summed E-state index contributed by atoms with van der Waals surface area (Å²) in [6.07, 6.45) is 1.06. The Labute approximate surface area is 88.3 Å². The van der Waals surface area contributed by atoms with Crippen molar-refractivity contribution in [2.24, 2.45) is 0 Å². The fraction of sp³-hybridized carbons (Fsp3) is 0.333. The normalized spacial score (nSPS) is 10.7. The third kappa shape index (κ3) is 1.90. The average Bonchev–Trinajstić information content (AvgIpc) is 2.54. The van der Waals surface area contributed by atoms with Crippen LogP contribution in [0.15, 0.2) is 24.3 Å². The number of rotatable bonds is 3. The second kappa shape index (κ2) is 4.01. The predicted molar refractivity (Wildman–Crippen MR) is 62.3 cm³/mol. The van der Waals surface area contributed by atoms with E-state index in [1.807, 2.05) is 17.4 Å². The Bertz CT molecular complexity index is 431. The summed E-state index contributed by atoms with van der Waals surface area (Å²) >= 11 is 1.83. The second-order valence-electron chi connectivity index (χ2n) is 3.41. The van der Waals surface area contributed by atoms with E-state index in [2.05, 4.69) is 32.0 Å². The molecule has 74 valence electrons. The van der Waals surface area contributed by atoms with Crippen molar-refractivity contribution < 1.29 is 4.74 Å². The number of fused-ring (bicyclic) bond motifs is 1. The predicted octanol–water partition coefficient (Wildman–Crippen LogP) is 4.00. The number of ether oxygens (including phenoxy) is 1. The van der Waals surface area contributed by atoms with Crippen LogP contribution >= 0.6 is 11.3 Å². The first-order chi connectivity index (χ1) is 6.79. The molecule has 2 heteroatoms. The van der Waals surface area contributed by atoms with E-state index >= 15 is 0 Å². The van der Waals surface area contributed by atoms with Crippen LogP contribution in [0, 0.1) is 6.92 Å². The maximum absolute atomic E-state index is 5.58. The van der Waals surface area contributed by atoms with Crippen molar-refractivity contribution in [3.63, 3.8) is 0 Å². The van der Waals surface area contributed by atoms with Gasteiger partial charge in [0.05, 0.1) is 6.61 Å². The average molecular weight is 206 g/mol. The Hall–Kier alpha value is -1.02. The lowest BCUT2D eigenvalue weighted by Gasteiger charge is -2.03. The molecule has 0 fully saturated rings. The van der Waals surface area contributed by atoms with E-state index in [1.165, 1.54) is 15.0 Å². The molecule has 1 heterocycles. The molecule has 0 aliphatic rings. The summed E-state index contributed by atoms with van der Waals surface area (Å²) in [5.41, 5.74) is 0. The molecule has 0 bridgehead atoms. The Morgan fingerprint density at radius 1 is 1.29 bits per heavy atom. The third-order valence-corrected chi connectivity index (χ3v) is 3.12. The van der Waals surface area contributed by atoms with Crippen molar-refractivity contribution in [2.75, 3.05) is 6.61 Å². The molecule has 0 aliphatic carbocycles. The molecule has 1 aromatic heterocycles. The van der Waals surface area contributed by atoms with Gasteiger partial charge in [0.2, 0.25) is 0 Å². The number of aryl methyl sites for hydroxylation is 1. The van der Waals surface area contributed by atoms with Gasteiger partial charge < -0.3 is 4.74 Å². The molecule has 0 spiro atoms. The molecule has 0 atom stereocenters. The van der Waals surface area contributed by atoms with Crippen LogP contribution in [0.4, 0.5) is 0 Å². The molecule has 0 saturated carbocycles. The highest BCUT2D eigenvalue weighted by atomic mass is 32.1. The van der Waals surface area contributed by atoms with Gasteiger partial charge in [-0.25, -0.2) is 0 Å². The molecular formula is C12H14OS. The first-order valence-electron chi connectivity index (χ1n) is 4.92. The molecule has 0 saturated heterocycles. The van der Waals surface area contributed by atoms with Crippen LogP contribution in [0.1, 0.15) is 18.2 Å². The summed E-state index contributed by atoms with van der Waals surface area (Å²) in [6.45, 7) is 5.05. The van der Waals surface area contributed by atoms with Gasteiger partial charge in [-0.2, -0.15) is 0 Å². The topological polar surface area (TPSA) is 9.23 Å². The molecule has 14 heavy (non-hydrogen) atoms. The Kier molecular flexibility index (Phi) is 2.73. The van der Waals surface area contributed by atoms with Crippen molar-refractivity contribution in [1.29, 1.82) is 0 Å². The summed E-state index contributed by atoms with van der Waals surface area (Å²) in [4.78, 5) is 1.35. The Morgan fingerprint density at radius 3 is 2.93 bits per heavy atom. The van der Waals surface area contributed by atoms with Crippen LogP contribution in [0.5, 0.6) is 5.75 Å². The van der Waals surface area contributed by atoms with Gasteiger partial charge in [0, 0.05) is 9.58 Å². The summed E-state index contributed by atoms with van der Waals surface area (Å²) in [6, 6.07) is 8.51. The summed E-state index contributed by atoms with van der Waals surface area (Å²) in [5, 5.41) is 1.29. The van der Waals surface area contributed by atoms with Gasteiger partial charge >= 0.3 is 0 Å². The van der Waals surface area contributed by atoms with Gasteiger partial charge in [-0.3, -0.25) is 0 Å². The van der Waals surface area contributed by atoms with Gasteiger partial charge in [0.15, 0.2) is 0 Å². The fourth-order valence-electron chi connectivity index (χ4n) is 1.46. The molecule has 1 nitrogen and oxygen atoms in total. The quantitative estimate of drug-likeness (QED) is 0.737. The van der Waals surface area contributed by atoms with E-state index in [4.69, 9.17) is 4.74 Å². The van der Waals surface area contributed by atoms with Crippen LogP contribution < -0.4 is 4.74 Å². The van der Waals surface area contributed by atoms with Crippen LogP contribution in [-0.4, -0.2) is 6.61 Å². The van der Waals surface area contributed by atoms with E-state index < -0.39 is 0 Å². The minimum absolute atomic E-state index is 0.800. The zero-order chi connectivity index (χ0) is 9.97. The highest BCUT2D eigenvalue weighted by molar-refractivity contribution is 7.19. The maximum Gasteiger partial charge on any atom is 0.119 e. The van der Waals surface area contributed by atoms with Crippen LogP contribution in [0.25, 0.3) is 10.1 Å². The van der Waals surface area contributed by atoms with E-state index in [0.717, 1.165) is 18.8 Å². The van der Waals surface area contributed by atoms with Crippen LogP contribution in [-0.2, 0) is 0 Å². The molecule has 0 amide bonds. The van der Waals surface area contributed by atoms with Crippen LogP contribution in [0.2, 0.25) is 0 Å². The highest BCUT2D eigenvalue weighted by Crippen LogP contribution is 2.28. The summed E-state index contributed by atoms with van der Waals surface area (Å²) < 4.78 is 6.92. The number of thiophene rings is 1. The van der Waals surface area contributed by atoms with Crippen molar-refractivity contribution in [3.05, 3.63) is 29.1 Å².